The van der Waals surface area contributed by atoms with E-state index in [-0.39, 0.29) is 0 Å². The second-order valence-corrected chi connectivity index (χ2v) is 4.31. The summed E-state index contributed by atoms with van der Waals surface area (Å²) >= 11 is 0. The summed E-state index contributed by atoms with van der Waals surface area (Å²) in [6, 6.07) is 0.652. The molecule has 0 spiro atoms. The van der Waals surface area contributed by atoms with E-state index in [4.69, 9.17) is 0 Å². The van der Waals surface area contributed by atoms with Crippen LogP contribution in [0.15, 0.2) is 12.4 Å². The first-order chi connectivity index (χ1) is 7.80. The summed E-state index contributed by atoms with van der Waals surface area (Å²) in [5.74, 6) is 0. The van der Waals surface area contributed by atoms with Gasteiger partial charge < -0.3 is 5.32 Å². The summed E-state index contributed by atoms with van der Waals surface area (Å²) in [6.07, 6.45) is 8.89. The Bertz CT molecular complexity index is 280. The molecule has 0 saturated carbocycles. The maximum absolute atomic E-state index is 4.35. The molecule has 0 fully saturated rings. The Balaban J connectivity index is 2.34. The highest BCUT2D eigenvalue weighted by molar-refractivity contribution is 5.04. The molecule has 1 aromatic heterocycles. The molecule has 1 heterocycles. The lowest BCUT2D eigenvalue weighted by atomic mass is 10.1. The van der Waals surface area contributed by atoms with Crippen LogP contribution >= 0.6 is 0 Å². The molecule has 92 valence electrons. The molecule has 0 saturated heterocycles. The van der Waals surface area contributed by atoms with Crippen LogP contribution in [0.1, 0.15) is 45.6 Å². The summed E-state index contributed by atoms with van der Waals surface area (Å²) in [7, 11) is 0. The van der Waals surface area contributed by atoms with E-state index >= 15 is 0 Å². The third kappa shape index (κ3) is 4.35. The fraction of sp³-hybridized carbons (Fsp3) is 0.769. The van der Waals surface area contributed by atoms with Crippen molar-refractivity contribution in [2.45, 2.75) is 59.0 Å². The average molecular weight is 223 g/mol. The number of nitrogens with zero attached hydrogens (tertiary/aromatic N) is 2. The fourth-order valence-corrected chi connectivity index (χ4v) is 1.97. The number of aromatic nitrogens is 2. The summed E-state index contributed by atoms with van der Waals surface area (Å²) < 4.78 is 2.05. The van der Waals surface area contributed by atoms with Crippen molar-refractivity contribution < 1.29 is 0 Å². The third-order valence-electron chi connectivity index (χ3n) is 2.91. The lowest BCUT2D eigenvalue weighted by Crippen LogP contribution is -2.28. The minimum atomic E-state index is 0.652. The molecule has 3 nitrogen and oxygen atoms in total. The van der Waals surface area contributed by atoms with Crippen LogP contribution < -0.4 is 5.32 Å². The largest absolute Gasteiger partial charge is 0.314 e. The summed E-state index contributed by atoms with van der Waals surface area (Å²) in [5, 5.41) is 7.86. The Labute approximate surface area is 99.2 Å². The van der Waals surface area contributed by atoms with Crippen molar-refractivity contribution in [2.75, 3.05) is 6.54 Å². The predicted octanol–water partition coefficient (Wildman–Crippen LogP) is 2.61. The Morgan fingerprint density at radius 2 is 2.19 bits per heavy atom. The standard InChI is InChI=1S/C13H25N3/c1-4-9-16-11-12(10-15-16)7-8-13(5-2)14-6-3/h10-11,13-14H,4-9H2,1-3H3. The van der Waals surface area contributed by atoms with Gasteiger partial charge >= 0.3 is 0 Å². The Hall–Kier alpha value is -0.830. The van der Waals surface area contributed by atoms with Crippen molar-refractivity contribution in [1.29, 1.82) is 0 Å². The van der Waals surface area contributed by atoms with E-state index in [1.54, 1.807) is 0 Å². The zero-order valence-corrected chi connectivity index (χ0v) is 10.9. The predicted molar refractivity (Wildman–Crippen MR) is 68.6 cm³/mol. The van der Waals surface area contributed by atoms with E-state index in [0.717, 1.165) is 25.9 Å². The Morgan fingerprint density at radius 3 is 2.81 bits per heavy atom. The van der Waals surface area contributed by atoms with Gasteiger partial charge in [-0.3, -0.25) is 4.68 Å². The number of nitrogens with one attached hydrogen (secondary N) is 1. The molecule has 1 aromatic rings. The first-order valence-electron chi connectivity index (χ1n) is 6.54. The second kappa shape index (κ2) is 7.44. The number of rotatable bonds is 8. The Kier molecular flexibility index (Phi) is 6.16. The molecule has 0 aromatic carbocycles. The Morgan fingerprint density at radius 1 is 1.38 bits per heavy atom. The topological polar surface area (TPSA) is 29.9 Å². The first-order valence-corrected chi connectivity index (χ1v) is 6.54. The van der Waals surface area contributed by atoms with Crippen LogP contribution in [0.3, 0.4) is 0 Å². The zero-order chi connectivity index (χ0) is 11.8. The van der Waals surface area contributed by atoms with Crippen molar-refractivity contribution in [3.63, 3.8) is 0 Å². The van der Waals surface area contributed by atoms with Crippen molar-refractivity contribution in [3.05, 3.63) is 18.0 Å². The molecular weight excluding hydrogens is 198 g/mol. The van der Waals surface area contributed by atoms with Gasteiger partial charge in [0.05, 0.1) is 6.20 Å². The normalized spacial score (nSPS) is 12.9. The van der Waals surface area contributed by atoms with Crippen LogP contribution in [0.4, 0.5) is 0 Å². The fourth-order valence-electron chi connectivity index (χ4n) is 1.97. The van der Waals surface area contributed by atoms with Crippen LogP contribution in [-0.4, -0.2) is 22.4 Å². The van der Waals surface area contributed by atoms with Gasteiger partial charge in [-0.25, -0.2) is 0 Å². The number of hydrogen-bond donors (Lipinski definition) is 1. The van der Waals surface area contributed by atoms with Gasteiger partial charge in [0.2, 0.25) is 0 Å². The molecule has 1 unspecified atom stereocenters. The lowest BCUT2D eigenvalue weighted by molar-refractivity contribution is 0.481. The van der Waals surface area contributed by atoms with Gasteiger partial charge in [-0.2, -0.15) is 5.10 Å². The van der Waals surface area contributed by atoms with E-state index in [1.165, 1.54) is 18.4 Å². The van der Waals surface area contributed by atoms with E-state index in [2.05, 4.69) is 37.4 Å². The number of aryl methyl sites for hydroxylation is 2. The van der Waals surface area contributed by atoms with Crippen LogP contribution in [0.5, 0.6) is 0 Å². The average Bonchev–Trinajstić information content (AvgIpc) is 2.72. The molecule has 16 heavy (non-hydrogen) atoms. The van der Waals surface area contributed by atoms with Crippen LogP contribution in [-0.2, 0) is 13.0 Å². The maximum Gasteiger partial charge on any atom is 0.0521 e. The van der Waals surface area contributed by atoms with Gasteiger partial charge in [-0.05, 0) is 37.8 Å². The third-order valence-corrected chi connectivity index (χ3v) is 2.91. The van der Waals surface area contributed by atoms with Crippen molar-refractivity contribution in [3.8, 4) is 0 Å². The van der Waals surface area contributed by atoms with Gasteiger partial charge in [-0.15, -0.1) is 0 Å². The highest BCUT2D eigenvalue weighted by Gasteiger charge is 2.05. The molecule has 1 rings (SSSR count). The van der Waals surface area contributed by atoms with Gasteiger partial charge in [0.15, 0.2) is 0 Å². The minimum absolute atomic E-state index is 0.652. The van der Waals surface area contributed by atoms with E-state index < -0.39 is 0 Å². The highest BCUT2D eigenvalue weighted by Crippen LogP contribution is 2.07. The smallest absolute Gasteiger partial charge is 0.0521 e. The van der Waals surface area contributed by atoms with Crippen molar-refractivity contribution >= 4 is 0 Å². The van der Waals surface area contributed by atoms with Gasteiger partial charge in [0, 0.05) is 18.8 Å². The molecule has 0 bridgehead atoms. The monoisotopic (exact) mass is 223 g/mol. The SMILES string of the molecule is CCCn1cc(CCC(CC)NCC)cn1. The quantitative estimate of drug-likeness (QED) is 0.734. The van der Waals surface area contributed by atoms with Crippen LogP contribution in [0, 0.1) is 0 Å². The summed E-state index contributed by atoms with van der Waals surface area (Å²) in [4.78, 5) is 0. The van der Waals surface area contributed by atoms with Crippen LogP contribution in [0.2, 0.25) is 0 Å². The summed E-state index contributed by atoms with van der Waals surface area (Å²) in [6.45, 7) is 8.69. The van der Waals surface area contributed by atoms with Crippen molar-refractivity contribution in [2.24, 2.45) is 0 Å². The van der Waals surface area contributed by atoms with Crippen LogP contribution in [0.25, 0.3) is 0 Å². The number of hydrogen-bond acceptors (Lipinski definition) is 2. The molecule has 3 heteroatoms. The molecule has 1 atom stereocenters. The molecule has 0 aliphatic rings. The molecule has 1 N–H and O–H groups in total. The van der Waals surface area contributed by atoms with Gasteiger partial charge in [0.1, 0.15) is 0 Å². The molecule has 0 aliphatic carbocycles. The summed E-state index contributed by atoms with van der Waals surface area (Å²) in [5.41, 5.74) is 1.37. The van der Waals surface area contributed by atoms with E-state index in [9.17, 15) is 0 Å². The van der Waals surface area contributed by atoms with E-state index in [0.29, 0.717) is 6.04 Å². The zero-order valence-electron chi connectivity index (χ0n) is 10.9. The molecular formula is C13H25N3. The van der Waals surface area contributed by atoms with Gasteiger partial charge in [-0.1, -0.05) is 20.8 Å². The second-order valence-electron chi connectivity index (χ2n) is 4.31. The molecule has 0 aliphatic heterocycles. The maximum atomic E-state index is 4.35. The first kappa shape index (κ1) is 13.2. The van der Waals surface area contributed by atoms with E-state index in [1.807, 2.05) is 10.9 Å². The molecule has 0 amide bonds. The minimum Gasteiger partial charge on any atom is -0.314 e. The van der Waals surface area contributed by atoms with Gasteiger partial charge in [0.25, 0.3) is 0 Å². The molecule has 0 radical (unpaired) electrons. The lowest BCUT2D eigenvalue weighted by Gasteiger charge is -2.14. The van der Waals surface area contributed by atoms with Crippen molar-refractivity contribution in [1.82, 2.24) is 15.1 Å². The highest BCUT2D eigenvalue weighted by atomic mass is 15.3.